The van der Waals surface area contributed by atoms with Crippen molar-refractivity contribution in [2.24, 2.45) is 5.92 Å². The van der Waals surface area contributed by atoms with E-state index in [-0.39, 0.29) is 18.0 Å². The smallest absolute Gasteiger partial charge is 0.315 e. The summed E-state index contributed by atoms with van der Waals surface area (Å²) in [4.78, 5) is 24.5. The maximum atomic E-state index is 11.4. The number of nitrogens with one attached hydrogen (secondary N) is 2. The van der Waals surface area contributed by atoms with Gasteiger partial charge in [0.15, 0.2) is 0 Å². The van der Waals surface area contributed by atoms with Crippen molar-refractivity contribution < 1.29 is 9.59 Å². The van der Waals surface area contributed by atoms with Crippen molar-refractivity contribution in [1.82, 2.24) is 15.5 Å². The minimum atomic E-state index is -0.183. The average Bonchev–Trinajstić information content (AvgIpc) is 2.20. The van der Waals surface area contributed by atoms with Crippen molar-refractivity contribution in [3.63, 3.8) is 0 Å². The average molecular weight is 257 g/mol. The van der Waals surface area contributed by atoms with Crippen LogP contribution in [0.25, 0.3) is 0 Å². The van der Waals surface area contributed by atoms with Gasteiger partial charge in [-0.3, -0.25) is 4.79 Å². The first kappa shape index (κ1) is 16.7. The highest BCUT2D eigenvalue weighted by Crippen LogP contribution is 2.01. The highest BCUT2D eigenvalue weighted by atomic mass is 16.2. The molecule has 0 fully saturated rings. The van der Waals surface area contributed by atoms with Gasteiger partial charge in [-0.1, -0.05) is 13.8 Å². The van der Waals surface area contributed by atoms with E-state index in [9.17, 15) is 9.59 Å². The molecule has 0 aliphatic carbocycles. The Labute approximate surface area is 110 Å². The van der Waals surface area contributed by atoms with E-state index in [0.717, 1.165) is 13.0 Å². The van der Waals surface area contributed by atoms with E-state index in [1.165, 1.54) is 0 Å². The van der Waals surface area contributed by atoms with Gasteiger partial charge in [0.2, 0.25) is 5.91 Å². The SMILES string of the molecule is CC(=O)N(CCNC(=O)NC(C)C)CCC(C)C. The van der Waals surface area contributed by atoms with Crippen LogP contribution in [0.3, 0.4) is 0 Å². The van der Waals surface area contributed by atoms with E-state index in [1.54, 1.807) is 11.8 Å². The molecule has 5 heteroatoms. The number of carbonyl (C=O) groups is 2. The molecule has 0 saturated heterocycles. The molecule has 0 aliphatic rings. The van der Waals surface area contributed by atoms with Gasteiger partial charge in [0.25, 0.3) is 0 Å². The fourth-order valence-corrected chi connectivity index (χ4v) is 1.46. The number of nitrogens with zero attached hydrogens (tertiary/aromatic N) is 1. The number of amides is 3. The van der Waals surface area contributed by atoms with Crippen LogP contribution in [0.15, 0.2) is 0 Å². The molecule has 0 radical (unpaired) electrons. The van der Waals surface area contributed by atoms with E-state index in [1.807, 2.05) is 13.8 Å². The van der Waals surface area contributed by atoms with E-state index >= 15 is 0 Å². The van der Waals surface area contributed by atoms with Crippen LogP contribution < -0.4 is 10.6 Å². The number of urea groups is 1. The van der Waals surface area contributed by atoms with Crippen LogP contribution in [0.4, 0.5) is 4.79 Å². The Hall–Kier alpha value is -1.26. The predicted octanol–water partition coefficient (Wildman–Crippen LogP) is 1.59. The lowest BCUT2D eigenvalue weighted by Crippen LogP contribution is -2.43. The van der Waals surface area contributed by atoms with Crippen LogP contribution in [-0.2, 0) is 4.79 Å². The second-order valence-corrected chi connectivity index (χ2v) is 5.24. The summed E-state index contributed by atoms with van der Waals surface area (Å²) in [5, 5.41) is 5.49. The Morgan fingerprint density at radius 3 is 2.17 bits per heavy atom. The van der Waals surface area contributed by atoms with Gasteiger partial charge in [-0.2, -0.15) is 0 Å². The summed E-state index contributed by atoms with van der Waals surface area (Å²) in [5.74, 6) is 0.630. The zero-order valence-corrected chi connectivity index (χ0v) is 12.2. The van der Waals surface area contributed by atoms with Gasteiger partial charge in [0.1, 0.15) is 0 Å². The summed E-state index contributed by atoms with van der Waals surface area (Å²) in [5.41, 5.74) is 0. The Morgan fingerprint density at radius 2 is 1.72 bits per heavy atom. The van der Waals surface area contributed by atoms with Gasteiger partial charge >= 0.3 is 6.03 Å². The van der Waals surface area contributed by atoms with Gasteiger partial charge in [-0.25, -0.2) is 4.79 Å². The molecule has 0 spiro atoms. The van der Waals surface area contributed by atoms with Crippen molar-refractivity contribution in [3.8, 4) is 0 Å². The fourth-order valence-electron chi connectivity index (χ4n) is 1.46. The van der Waals surface area contributed by atoms with E-state index < -0.39 is 0 Å². The molecular formula is C13H27N3O2. The van der Waals surface area contributed by atoms with Crippen LogP contribution in [0.2, 0.25) is 0 Å². The highest BCUT2D eigenvalue weighted by molar-refractivity contribution is 5.74. The molecule has 0 aromatic rings. The number of rotatable bonds is 7. The molecular weight excluding hydrogens is 230 g/mol. The predicted molar refractivity (Wildman–Crippen MR) is 73.4 cm³/mol. The molecule has 0 aromatic heterocycles. The number of hydrogen-bond donors (Lipinski definition) is 2. The molecule has 0 rings (SSSR count). The van der Waals surface area contributed by atoms with E-state index in [0.29, 0.717) is 19.0 Å². The third kappa shape index (κ3) is 8.84. The molecule has 2 N–H and O–H groups in total. The Morgan fingerprint density at radius 1 is 1.11 bits per heavy atom. The fraction of sp³-hybridized carbons (Fsp3) is 0.846. The van der Waals surface area contributed by atoms with Crippen molar-refractivity contribution >= 4 is 11.9 Å². The largest absolute Gasteiger partial charge is 0.341 e. The molecule has 0 saturated carbocycles. The number of hydrogen-bond acceptors (Lipinski definition) is 2. The standard InChI is InChI=1S/C13H27N3O2/c1-10(2)6-8-16(12(5)17)9-7-14-13(18)15-11(3)4/h10-11H,6-9H2,1-5H3,(H2,14,15,18). The topological polar surface area (TPSA) is 61.4 Å². The van der Waals surface area contributed by atoms with Gasteiger partial charge < -0.3 is 15.5 Å². The second-order valence-electron chi connectivity index (χ2n) is 5.24. The summed E-state index contributed by atoms with van der Waals surface area (Å²) in [6.45, 7) is 11.4. The maximum absolute atomic E-state index is 11.4. The summed E-state index contributed by atoms with van der Waals surface area (Å²) in [6.07, 6.45) is 0.984. The van der Waals surface area contributed by atoms with Crippen LogP contribution in [0, 0.1) is 5.92 Å². The zero-order chi connectivity index (χ0) is 14.1. The molecule has 3 amide bonds. The minimum Gasteiger partial charge on any atom is -0.341 e. The van der Waals surface area contributed by atoms with Crippen molar-refractivity contribution in [1.29, 1.82) is 0 Å². The third-order valence-electron chi connectivity index (χ3n) is 2.51. The van der Waals surface area contributed by atoms with Crippen molar-refractivity contribution in [3.05, 3.63) is 0 Å². The lowest BCUT2D eigenvalue weighted by atomic mass is 10.1. The number of carbonyl (C=O) groups excluding carboxylic acids is 2. The summed E-state index contributed by atoms with van der Waals surface area (Å²) in [6, 6.07) is -0.0628. The molecule has 0 aliphatic heterocycles. The van der Waals surface area contributed by atoms with Crippen LogP contribution in [0.1, 0.15) is 41.0 Å². The van der Waals surface area contributed by atoms with Crippen molar-refractivity contribution in [2.45, 2.75) is 47.1 Å². The molecule has 0 bridgehead atoms. The van der Waals surface area contributed by atoms with Crippen LogP contribution in [-0.4, -0.2) is 42.5 Å². The van der Waals surface area contributed by atoms with Gasteiger partial charge in [0, 0.05) is 32.6 Å². The summed E-state index contributed by atoms with van der Waals surface area (Å²) in [7, 11) is 0. The van der Waals surface area contributed by atoms with Gasteiger partial charge in [-0.15, -0.1) is 0 Å². The lowest BCUT2D eigenvalue weighted by Gasteiger charge is -2.22. The summed E-state index contributed by atoms with van der Waals surface area (Å²) >= 11 is 0. The Balaban J connectivity index is 3.90. The third-order valence-corrected chi connectivity index (χ3v) is 2.51. The van der Waals surface area contributed by atoms with Crippen molar-refractivity contribution in [2.75, 3.05) is 19.6 Å². The molecule has 0 aromatic carbocycles. The normalized spacial score (nSPS) is 10.6. The maximum Gasteiger partial charge on any atom is 0.315 e. The monoisotopic (exact) mass is 257 g/mol. The van der Waals surface area contributed by atoms with Crippen LogP contribution >= 0.6 is 0 Å². The first-order valence-electron chi connectivity index (χ1n) is 6.62. The van der Waals surface area contributed by atoms with E-state index in [4.69, 9.17) is 0 Å². The quantitative estimate of drug-likeness (QED) is 0.727. The summed E-state index contributed by atoms with van der Waals surface area (Å²) < 4.78 is 0. The molecule has 0 heterocycles. The molecule has 0 atom stereocenters. The highest BCUT2D eigenvalue weighted by Gasteiger charge is 2.09. The lowest BCUT2D eigenvalue weighted by molar-refractivity contribution is -0.128. The first-order chi connectivity index (χ1) is 8.32. The first-order valence-corrected chi connectivity index (χ1v) is 6.62. The molecule has 5 nitrogen and oxygen atoms in total. The van der Waals surface area contributed by atoms with Gasteiger partial charge in [-0.05, 0) is 26.2 Å². The minimum absolute atomic E-state index is 0.0571. The van der Waals surface area contributed by atoms with Gasteiger partial charge in [0.05, 0.1) is 0 Å². The Kier molecular flexibility index (Phi) is 8.16. The zero-order valence-electron chi connectivity index (χ0n) is 12.2. The van der Waals surface area contributed by atoms with Crippen LogP contribution in [0.5, 0.6) is 0 Å². The second kappa shape index (κ2) is 8.78. The molecule has 0 unspecified atom stereocenters. The Bertz CT molecular complexity index is 265. The molecule has 106 valence electrons. The van der Waals surface area contributed by atoms with E-state index in [2.05, 4.69) is 24.5 Å². The molecule has 18 heavy (non-hydrogen) atoms.